The Hall–Kier alpha value is -1.08. The SMILES string of the molecule is CSc1nc2c(s1)C(=O)N(C)CC(=O)N2. The number of carbonyl (C=O) groups excluding carboxylic acids is 2. The van der Waals surface area contributed by atoms with Gasteiger partial charge in [0.1, 0.15) is 4.88 Å². The van der Waals surface area contributed by atoms with Gasteiger partial charge in [0, 0.05) is 7.05 Å². The van der Waals surface area contributed by atoms with Crippen LogP contribution in [-0.4, -0.2) is 41.5 Å². The van der Waals surface area contributed by atoms with Crippen LogP contribution in [-0.2, 0) is 4.79 Å². The number of carbonyl (C=O) groups is 2. The number of anilines is 1. The summed E-state index contributed by atoms with van der Waals surface area (Å²) in [6, 6.07) is 0. The van der Waals surface area contributed by atoms with Crippen LogP contribution in [0, 0.1) is 0 Å². The monoisotopic (exact) mass is 243 g/mol. The summed E-state index contributed by atoms with van der Waals surface area (Å²) in [4.78, 5) is 29.2. The summed E-state index contributed by atoms with van der Waals surface area (Å²) in [5.74, 6) is 0.0346. The minimum absolute atomic E-state index is 0.0799. The summed E-state index contributed by atoms with van der Waals surface area (Å²) in [6.07, 6.45) is 1.88. The van der Waals surface area contributed by atoms with Crippen LogP contribution < -0.4 is 5.32 Å². The van der Waals surface area contributed by atoms with Crippen LogP contribution in [0.3, 0.4) is 0 Å². The number of rotatable bonds is 1. The number of thioether (sulfide) groups is 1. The minimum atomic E-state index is -0.206. The molecule has 1 aromatic heterocycles. The third kappa shape index (κ3) is 1.84. The van der Waals surface area contributed by atoms with Crippen LogP contribution in [0.25, 0.3) is 0 Å². The number of nitrogens with zero attached hydrogens (tertiary/aromatic N) is 2. The first-order valence-corrected chi connectivity index (χ1v) is 6.26. The topological polar surface area (TPSA) is 62.3 Å². The average Bonchev–Trinajstić information content (AvgIpc) is 2.55. The molecule has 0 radical (unpaired) electrons. The third-order valence-electron chi connectivity index (χ3n) is 1.96. The van der Waals surface area contributed by atoms with Gasteiger partial charge in [0.25, 0.3) is 5.91 Å². The molecule has 0 saturated heterocycles. The summed E-state index contributed by atoms with van der Waals surface area (Å²) < 4.78 is 0.781. The lowest BCUT2D eigenvalue weighted by molar-refractivity contribution is -0.116. The standard InChI is InChI=1S/C8H9N3O2S2/c1-11-3-4(12)9-6-5(7(11)13)15-8(10-6)14-2/h3H2,1-2H3,(H,9,12). The van der Waals surface area contributed by atoms with Gasteiger partial charge in [-0.1, -0.05) is 11.8 Å². The molecule has 0 saturated carbocycles. The van der Waals surface area contributed by atoms with Crippen LogP contribution >= 0.6 is 23.1 Å². The van der Waals surface area contributed by atoms with Crippen molar-refractivity contribution in [2.75, 3.05) is 25.2 Å². The van der Waals surface area contributed by atoms with E-state index in [4.69, 9.17) is 0 Å². The highest BCUT2D eigenvalue weighted by molar-refractivity contribution is 8.00. The Labute approximate surface area is 94.9 Å². The summed E-state index contributed by atoms with van der Waals surface area (Å²) in [5.41, 5.74) is 0. The van der Waals surface area contributed by atoms with Gasteiger partial charge in [0.2, 0.25) is 5.91 Å². The molecule has 2 heterocycles. The number of aromatic nitrogens is 1. The number of nitrogens with one attached hydrogen (secondary N) is 1. The summed E-state index contributed by atoms with van der Waals surface area (Å²) >= 11 is 2.77. The van der Waals surface area contributed by atoms with Gasteiger partial charge in [0.05, 0.1) is 6.54 Å². The molecule has 5 nitrogen and oxygen atoms in total. The van der Waals surface area contributed by atoms with Crippen molar-refractivity contribution in [3.8, 4) is 0 Å². The first-order chi connectivity index (χ1) is 7.11. The molecule has 15 heavy (non-hydrogen) atoms. The van der Waals surface area contributed by atoms with Crippen LogP contribution in [0.4, 0.5) is 5.82 Å². The molecule has 0 spiro atoms. The lowest BCUT2D eigenvalue weighted by atomic mass is 10.4. The lowest BCUT2D eigenvalue weighted by Gasteiger charge is -2.10. The molecule has 0 aromatic carbocycles. The van der Waals surface area contributed by atoms with Crippen LogP contribution in [0.5, 0.6) is 0 Å². The van der Waals surface area contributed by atoms with Crippen molar-refractivity contribution in [2.24, 2.45) is 0 Å². The van der Waals surface area contributed by atoms with Crippen molar-refractivity contribution >= 4 is 40.7 Å². The molecule has 1 aliphatic heterocycles. The highest BCUT2D eigenvalue weighted by Crippen LogP contribution is 2.31. The van der Waals surface area contributed by atoms with E-state index in [1.807, 2.05) is 6.26 Å². The fourth-order valence-corrected chi connectivity index (χ4v) is 2.76. The molecule has 0 unspecified atom stereocenters. The van der Waals surface area contributed by atoms with E-state index in [1.165, 1.54) is 28.0 Å². The maximum absolute atomic E-state index is 11.8. The zero-order valence-electron chi connectivity index (χ0n) is 8.23. The minimum Gasteiger partial charge on any atom is -0.332 e. The second-order valence-electron chi connectivity index (χ2n) is 3.07. The van der Waals surface area contributed by atoms with E-state index in [2.05, 4.69) is 10.3 Å². The predicted molar refractivity (Wildman–Crippen MR) is 59.5 cm³/mol. The molecule has 2 rings (SSSR count). The Morgan fingerprint density at radius 1 is 1.53 bits per heavy atom. The van der Waals surface area contributed by atoms with Crippen molar-refractivity contribution in [3.05, 3.63) is 4.88 Å². The molecule has 1 aliphatic rings. The molecule has 0 bridgehead atoms. The molecule has 0 atom stereocenters. The van der Waals surface area contributed by atoms with Gasteiger partial charge in [-0.2, -0.15) is 0 Å². The Morgan fingerprint density at radius 3 is 2.93 bits per heavy atom. The number of hydrogen-bond donors (Lipinski definition) is 1. The van der Waals surface area contributed by atoms with E-state index < -0.39 is 0 Å². The van der Waals surface area contributed by atoms with Gasteiger partial charge < -0.3 is 10.2 Å². The normalized spacial score (nSPS) is 16.0. The molecule has 2 amide bonds. The van der Waals surface area contributed by atoms with Gasteiger partial charge in [-0.15, -0.1) is 11.3 Å². The van der Waals surface area contributed by atoms with E-state index in [-0.39, 0.29) is 18.4 Å². The molecule has 80 valence electrons. The fourth-order valence-electron chi connectivity index (χ4n) is 1.25. The number of thiazole rings is 1. The first-order valence-electron chi connectivity index (χ1n) is 4.22. The van der Waals surface area contributed by atoms with Crippen molar-refractivity contribution in [1.82, 2.24) is 9.88 Å². The predicted octanol–water partition coefficient (Wildman–Crippen LogP) is 0.889. The zero-order valence-corrected chi connectivity index (χ0v) is 9.87. The second-order valence-corrected chi connectivity index (χ2v) is 5.12. The Kier molecular flexibility index (Phi) is 2.66. The summed E-state index contributed by atoms with van der Waals surface area (Å²) in [7, 11) is 1.61. The smallest absolute Gasteiger partial charge is 0.268 e. The Bertz CT molecular complexity index is 430. The van der Waals surface area contributed by atoms with E-state index in [1.54, 1.807) is 7.05 Å². The van der Waals surface area contributed by atoms with Crippen molar-refractivity contribution in [3.63, 3.8) is 0 Å². The number of fused-ring (bicyclic) bond motifs is 1. The van der Waals surface area contributed by atoms with Crippen LogP contribution in [0.15, 0.2) is 4.34 Å². The molecule has 1 N–H and O–H groups in total. The first kappa shape index (κ1) is 10.4. The van der Waals surface area contributed by atoms with E-state index >= 15 is 0 Å². The second kappa shape index (κ2) is 3.82. The maximum Gasteiger partial charge on any atom is 0.268 e. The average molecular weight is 243 g/mol. The van der Waals surface area contributed by atoms with Crippen molar-refractivity contribution < 1.29 is 9.59 Å². The summed E-state index contributed by atoms with van der Waals surface area (Å²) in [6.45, 7) is 0.0799. The Morgan fingerprint density at radius 2 is 2.27 bits per heavy atom. The van der Waals surface area contributed by atoms with Gasteiger partial charge in [0.15, 0.2) is 10.2 Å². The van der Waals surface area contributed by atoms with Crippen molar-refractivity contribution in [2.45, 2.75) is 4.34 Å². The molecular weight excluding hydrogens is 234 g/mol. The van der Waals surface area contributed by atoms with Gasteiger partial charge in [-0.3, -0.25) is 9.59 Å². The molecule has 0 fully saturated rings. The number of likely N-dealkylation sites (N-methyl/N-ethyl adjacent to an activating group) is 1. The largest absolute Gasteiger partial charge is 0.332 e. The third-order valence-corrected chi connectivity index (χ3v) is 3.99. The van der Waals surface area contributed by atoms with E-state index in [0.717, 1.165) is 4.34 Å². The fraction of sp³-hybridized carbons (Fsp3) is 0.375. The maximum atomic E-state index is 11.8. The number of amides is 2. The van der Waals surface area contributed by atoms with E-state index in [0.29, 0.717) is 10.7 Å². The van der Waals surface area contributed by atoms with Crippen molar-refractivity contribution in [1.29, 1.82) is 0 Å². The number of hydrogen-bond acceptors (Lipinski definition) is 5. The molecule has 1 aromatic rings. The van der Waals surface area contributed by atoms with Crippen LogP contribution in [0.2, 0.25) is 0 Å². The lowest BCUT2D eigenvalue weighted by Crippen LogP contribution is -2.31. The van der Waals surface area contributed by atoms with Gasteiger partial charge >= 0.3 is 0 Å². The molecular formula is C8H9N3O2S2. The Balaban J connectivity index is 2.46. The summed E-state index contributed by atoms with van der Waals surface area (Å²) in [5, 5.41) is 2.62. The highest BCUT2D eigenvalue weighted by Gasteiger charge is 2.27. The zero-order chi connectivity index (χ0) is 11.0. The van der Waals surface area contributed by atoms with Crippen LogP contribution in [0.1, 0.15) is 9.67 Å². The van der Waals surface area contributed by atoms with Gasteiger partial charge in [-0.25, -0.2) is 4.98 Å². The molecule has 0 aliphatic carbocycles. The quantitative estimate of drug-likeness (QED) is 0.744. The van der Waals surface area contributed by atoms with Gasteiger partial charge in [-0.05, 0) is 6.26 Å². The van der Waals surface area contributed by atoms with E-state index in [9.17, 15) is 9.59 Å². The highest BCUT2D eigenvalue weighted by atomic mass is 32.2. The molecule has 7 heteroatoms.